The molecule has 3 heteroatoms. The summed E-state index contributed by atoms with van der Waals surface area (Å²) >= 11 is 0. The monoisotopic (exact) mass is 266 g/mol. The third-order valence-corrected chi connectivity index (χ3v) is 3.94. The summed E-state index contributed by atoms with van der Waals surface area (Å²) in [5, 5.41) is 0. The van der Waals surface area contributed by atoms with Gasteiger partial charge in [-0.1, -0.05) is 24.3 Å². The molecule has 0 bridgehead atoms. The van der Waals surface area contributed by atoms with Crippen LogP contribution in [-0.2, 0) is 0 Å². The summed E-state index contributed by atoms with van der Waals surface area (Å²) in [6, 6.07) is 13.7. The van der Waals surface area contributed by atoms with Gasteiger partial charge in [0.2, 0.25) is 0 Å². The number of hydrogen-bond donors (Lipinski definition) is 0. The molecule has 1 aliphatic rings. The number of aromatic nitrogens is 1. The molecule has 1 aromatic carbocycles. The summed E-state index contributed by atoms with van der Waals surface area (Å²) in [5.74, 6) is 0.122. The van der Waals surface area contributed by atoms with E-state index >= 15 is 0 Å². The molecule has 2 heterocycles. The van der Waals surface area contributed by atoms with E-state index in [0.717, 1.165) is 30.6 Å². The standard InChI is InChI=1S/C17H18N2O/c1-13-15(9-5-11-18-13)16-10-6-12-19(16)17(20)14-7-3-2-4-8-14/h2-5,7-9,11,16H,6,10,12H2,1H3. The lowest BCUT2D eigenvalue weighted by Gasteiger charge is -2.26. The van der Waals surface area contributed by atoms with E-state index in [0.29, 0.717) is 0 Å². The smallest absolute Gasteiger partial charge is 0.254 e. The number of likely N-dealkylation sites (tertiary alicyclic amines) is 1. The van der Waals surface area contributed by atoms with Gasteiger partial charge < -0.3 is 4.90 Å². The summed E-state index contributed by atoms with van der Waals surface area (Å²) in [5.41, 5.74) is 2.96. The minimum atomic E-state index is 0.122. The lowest BCUT2D eigenvalue weighted by Crippen LogP contribution is -2.30. The first kappa shape index (κ1) is 12.9. The molecule has 1 atom stereocenters. The Morgan fingerprint density at radius 2 is 2.00 bits per heavy atom. The van der Waals surface area contributed by atoms with Crippen LogP contribution in [0.4, 0.5) is 0 Å². The number of benzene rings is 1. The van der Waals surface area contributed by atoms with Gasteiger partial charge in [0.25, 0.3) is 5.91 Å². The molecule has 0 aliphatic carbocycles. The number of pyridine rings is 1. The summed E-state index contributed by atoms with van der Waals surface area (Å²) in [6.45, 7) is 2.84. The van der Waals surface area contributed by atoms with Gasteiger partial charge >= 0.3 is 0 Å². The van der Waals surface area contributed by atoms with Crippen molar-refractivity contribution in [3.8, 4) is 0 Å². The van der Waals surface area contributed by atoms with Crippen LogP contribution in [0.1, 0.15) is 40.5 Å². The quantitative estimate of drug-likeness (QED) is 0.835. The Morgan fingerprint density at radius 3 is 2.75 bits per heavy atom. The maximum absolute atomic E-state index is 12.6. The highest BCUT2D eigenvalue weighted by Crippen LogP contribution is 2.34. The van der Waals surface area contributed by atoms with Crippen LogP contribution in [0.15, 0.2) is 48.7 Å². The van der Waals surface area contributed by atoms with Gasteiger partial charge in [-0.05, 0) is 43.5 Å². The van der Waals surface area contributed by atoms with Gasteiger partial charge in [0.05, 0.1) is 6.04 Å². The molecule has 0 radical (unpaired) electrons. The number of carbonyl (C=O) groups is 1. The predicted molar refractivity (Wildman–Crippen MR) is 78.4 cm³/mol. The van der Waals surface area contributed by atoms with Gasteiger partial charge in [0.15, 0.2) is 0 Å². The van der Waals surface area contributed by atoms with E-state index in [1.54, 1.807) is 6.20 Å². The zero-order valence-electron chi connectivity index (χ0n) is 11.6. The zero-order valence-corrected chi connectivity index (χ0v) is 11.6. The fraction of sp³-hybridized carbons (Fsp3) is 0.294. The third kappa shape index (κ3) is 2.31. The van der Waals surface area contributed by atoms with Gasteiger partial charge in [0.1, 0.15) is 0 Å². The zero-order chi connectivity index (χ0) is 13.9. The van der Waals surface area contributed by atoms with Gasteiger partial charge in [-0.3, -0.25) is 9.78 Å². The topological polar surface area (TPSA) is 33.2 Å². The van der Waals surface area contributed by atoms with Crippen LogP contribution in [0.25, 0.3) is 0 Å². The highest BCUT2D eigenvalue weighted by Gasteiger charge is 2.31. The van der Waals surface area contributed by atoms with Crippen LogP contribution in [0.3, 0.4) is 0 Å². The molecular formula is C17H18N2O. The second kappa shape index (κ2) is 5.45. The molecule has 3 nitrogen and oxygen atoms in total. The molecule has 1 aliphatic heterocycles. The molecule has 1 unspecified atom stereocenters. The number of amides is 1. The predicted octanol–water partition coefficient (Wildman–Crippen LogP) is 3.37. The lowest BCUT2D eigenvalue weighted by atomic mass is 10.0. The minimum absolute atomic E-state index is 0.122. The van der Waals surface area contributed by atoms with Crippen molar-refractivity contribution in [2.24, 2.45) is 0 Å². The highest BCUT2D eigenvalue weighted by molar-refractivity contribution is 5.94. The first-order valence-corrected chi connectivity index (χ1v) is 7.05. The van der Waals surface area contributed by atoms with Crippen molar-refractivity contribution in [3.63, 3.8) is 0 Å². The molecule has 2 aromatic rings. The minimum Gasteiger partial charge on any atom is -0.332 e. The maximum atomic E-state index is 12.6. The van der Waals surface area contributed by atoms with Crippen LogP contribution in [0, 0.1) is 6.92 Å². The Balaban J connectivity index is 1.90. The Labute approximate surface area is 119 Å². The van der Waals surface area contributed by atoms with E-state index < -0.39 is 0 Å². The average molecular weight is 266 g/mol. The Kier molecular flexibility index (Phi) is 3.50. The van der Waals surface area contributed by atoms with Gasteiger partial charge in [-0.2, -0.15) is 0 Å². The lowest BCUT2D eigenvalue weighted by molar-refractivity contribution is 0.0735. The molecule has 1 fully saturated rings. The van der Waals surface area contributed by atoms with Crippen LogP contribution >= 0.6 is 0 Å². The summed E-state index contributed by atoms with van der Waals surface area (Å²) in [4.78, 5) is 19.0. The van der Waals surface area contributed by atoms with E-state index in [1.807, 2.05) is 48.2 Å². The van der Waals surface area contributed by atoms with Crippen LogP contribution in [-0.4, -0.2) is 22.3 Å². The summed E-state index contributed by atoms with van der Waals surface area (Å²) in [7, 11) is 0. The van der Waals surface area contributed by atoms with Gasteiger partial charge in [-0.15, -0.1) is 0 Å². The molecule has 0 spiro atoms. The van der Waals surface area contributed by atoms with E-state index in [1.165, 1.54) is 5.56 Å². The molecule has 3 rings (SSSR count). The van der Waals surface area contributed by atoms with Crippen molar-refractivity contribution in [1.29, 1.82) is 0 Å². The first-order chi connectivity index (χ1) is 9.77. The largest absolute Gasteiger partial charge is 0.332 e. The highest BCUT2D eigenvalue weighted by atomic mass is 16.2. The molecular weight excluding hydrogens is 248 g/mol. The molecule has 1 saturated heterocycles. The van der Waals surface area contributed by atoms with E-state index in [-0.39, 0.29) is 11.9 Å². The van der Waals surface area contributed by atoms with Crippen LogP contribution < -0.4 is 0 Å². The van der Waals surface area contributed by atoms with E-state index in [4.69, 9.17) is 0 Å². The summed E-state index contributed by atoms with van der Waals surface area (Å²) in [6.07, 6.45) is 3.87. The third-order valence-electron chi connectivity index (χ3n) is 3.94. The number of rotatable bonds is 2. The first-order valence-electron chi connectivity index (χ1n) is 7.05. The fourth-order valence-corrected chi connectivity index (χ4v) is 2.93. The van der Waals surface area contributed by atoms with Crippen LogP contribution in [0.2, 0.25) is 0 Å². The summed E-state index contributed by atoms with van der Waals surface area (Å²) < 4.78 is 0. The van der Waals surface area contributed by atoms with Gasteiger partial charge in [0, 0.05) is 24.0 Å². The molecule has 20 heavy (non-hydrogen) atoms. The number of aryl methyl sites for hydroxylation is 1. The molecule has 102 valence electrons. The van der Waals surface area contributed by atoms with E-state index in [2.05, 4.69) is 11.1 Å². The number of carbonyl (C=O) groups excluding carboxylic acids is 1. The molecule has 1 amide bonds. The average Bonchev–Trinajstić information content (AvgIpc) is 2.97. The van der Waals surface area contributed by atoms with Gasteiger partial charge in [-0.25, -0.2) is 0 Å². The SMILES string of the molecule is Cc1ncccc1C1CCCN1C(=O)c1ccccc1. The number of nitrogens with zero attached hydrogens (tertiary/aromatic N) is 2. The molecule has 0 saturated carbocycles. The van der Waals surface area contributed by atoms with Crippen molar-refractivity contribution >= 4 is 5.91 Å². The Bertz CT molecular complexity index is 609. The number of hydrogen-bond acceptors (Lipinski definition) is 2. The van der Waals surface area contributed by atoms with Crippen molar-refractivity contribution < 1.29 is 4.79 Å². The van der Waals surface area contributed by atoms with E-state index in [9.17, 15) is 4.79 Å². The molecule has 1 aromatic heterocycles. The fourth-order valence-electron chi connectivity index (χ4n) is 2.93. The molecule has 0 N–H and O–H groups in total. The van der Waals surface area contributed by atoms with Crippen LogP contribution in [0.5, 0.6) is 0 Å². The normalized spacial score (nSPS) is 18.2. The van der Waals surface area contributed by atoms with Crippen molar-refractivity contribution in [2.45, 2.75) is 25.8 Å². The maximum Gasteiger partial charge on any atom is 0.254 e. The Morgan fingerprint density at radius 1 is 1.20 bits per heavy atom. The second-order valence-corrected chi connectivity index (χ2v) is 5.20. The second-order valence-electron chi connectivity index (χ2n) is 5.20. The van der Waals surface area contributed by atoms with Crippen molar-refractivity contribution in [3.05, 3.63) is 65.5 Å². The Hall–Kier alpha value is -2.16. The van der Waals surface area contributed by atoms with Crippen molar-refractivity contribution in [1.82, 2.24) is 9.88 Å². The van der Waals surface area contributed by atoms with Crippen molar-refractivity contribution in [2.75, 3.05) is 6.54 Å².